The van der Waals surface area contributed by atoms with Gasteiger partial charge in [0.1, 0.15) is 5.69 Å². The molecule has 6 heteroatoms. The van der Waals surface area contributed by atoms with Gasteiger partial charge in [-0.25, -0.2) is 0 Å². The molecule has 4 rings (SSSR count). The molecule has 0 radical (unpaired) electrons. The van der Waals surface area contributed by atoms with E-state index in [-0.39, 0.29) is 17.7 Å². The molecule has 1 aliphatic heterocycles. The predicted molar refractivity (Wildman–Crippen MR) is 125 cm³/mol. The number of benzene rings is 2. The Morgan fingerprint density at radius 2 is 1.66 bits per heavy atom. The maximum Gasteiger partial charge on any atom is 0.274 e. The smallest absolute Gasteiger partial charge is 0.274 e. The average Bonchev–Trinajstić information content (AvgIpc) is 3.15. The van der Waals surface area contributed by atoms with E-state index in [1.807, 2.05) is 7.05 Å². The molecule has 0 spiro atoms. The number of carbonyl (C=O) groups excluding carboxylic acids is 2. The minimum Gasteiger partial charge on any atom is -0.344 e. The Balaban J connectivity index is 1.52. The number of aryl methyl sites for hydroxylation is 3. The van der Waals surface area contributed by atoms with Crippen LogP contribution in [0, 0.1) is 19.8 Å². The Labute approximate surface area is 189 Å². The van der Waals surface area contributed by atoms with E-state index in [1.54, 1.807) is 33.8 Å². The largest absolute Gasteiger partial charge is 0.344 e. The lowest BCUT2D eigenvalue weighted by Gasteiger charge is -2.22. The van der Waals surface area contributed by atoms with Gasteiger partial charge in [0, 0.05) is 39.9 Å². The van der Waals surface area contributed by atoms with Gasteiger partial charge in [0.2, 0.25) is 5.91 Å². The Morgan fingerprint density at radius 3 is 2.28 bits per heavy atom. The fourth-order valence-corrected chi connectivity index (χ4v) is 4.41. The van der Waals surface area contributed by atoms with Gasteiger partial charge in [-0.1, -0.05) is 53.6 Å². The number of nitrogens with zero attached hydrogens (tertiary/aromatic N) is 4. The van der Waals surface area contributed by atoms with Crippen LogP contribution >= 0.6 is 0 Å². The Hall–Kier alpha value is -3.41. The second kappa shape index (κ2) is 8.99. The monoisotopic (exact) mass is 430 g/mol. The van der Waals surface area contributed by atoms with Gasteiger partial charge in [0.15, 0.2) is 0 Å². The number of rotatable bonds is 4. The number of carbonyl (C=O) groups is 2. The molecule has 2 aromatic carbocycles. The predicted octanol–water partition coefficient (Wildman–Crippen LogP) is 3.48. The second-order valence-electron chi connectivity index (χ2n) is 8.86. The molecule has 3 aromatic rings. The van der Waals surface area contributed by atoms with E-state index in [9.17, 15) is 9.59 Å². The van der Waals surface area contributed by atoms with Crippen molar-refractivity contribution in [3.8, 4) is 11.1 Å². The number of hydrogen-bond donors (Lipinski definition) is 0. The molecule has 2 amide bonds. The highest BCUT2D eigenvalue weighted by atomic mass is 16.2. The van der Waals surface area contributed by atoms with Crippen molar-refractivity contribution in [2.45, 2.75) is 20.3 Å². The van der Waals surface area contributed by atoms with Crippen LogP contribution in [0.25, 0.3) is 11.1 Å². The van der Waals surface area contributed by atoms with Gasteiger partial charge in [0.05, 0.1) is 5.92 Å². The van der Waals surface area contributed by atoms with Crippen LogP contribution in [0.5, 0.6) is 0 Å². The average molecular weight is 431 g/mol. The summed E-state index contributed by atoms with van der Waals surface area (Å²) < 4.78 is 1.62. The fourth-order valence-electron chi connectivity index (χ4n) is 4.41. The maximum atomic E-state index is 13.0. The third-order valence-electron chi connectivity index (χ3n) is 6.08. The van der Waals surface area contributed by atoms with E-state index in [0.717, 1.165) is 11.1 Å². The summed E-state index contributed by atoms with van der Waals surface area (Å²) >= 11 is 0. The summed E-state index contributed by atoms with van der Waals surface area (Å²) in [4.78, 5) is 29.4. The summed E-state index contributed by atoms with van der Waals surface area (Å²) in [5.41, 5.74) is 6.36. The van der Waals surface area contributed by atoms with Gasteiger partial charge in [-0.3, -0.25) is 14.3 Å². The highest BCUT2D eigenvalue weighted by molar-refractivity contribution is 5.93. The maximum absolute atomic E-state index is 13.0. The third kappa shape index (κ3) is 4.74. The molecule has 0 N–H and O–H groups in total. The van der Waals surface area contributed by atoms with Crippen LogP contribution in [0.2, 0.25) is 0 Å². The van der Waals surface area contributed by atoms with E-state index in [2.05, 4.69) is 61.4 Å². The summed E-state index contributed by atoms with van der Waals surface area (Å²) in [6.45, 7) is 5.66. The van der Waals surface area contributed by atoms with Crippen LogP contribution < -0.4 is 0 Å². The second-order valence-corrected chi connectivity index (χ2v) is 8.86. The van der Waals surface area contributed by atoms with Gasteiger partial charge in [0.25, 0.3) is 5.91 Å². The molecule has 0 bridgehead atoms. The quantitative estimate of drug-likeness (QED) is 0.637. The first-order chi connectivity index (χ1) is 15.3. The summed E-state index contributed by atoms with van der Waals surface area (Å²) in [5.74, 6) is -0.314. The molecule has 1 fully saturated rings. The summed E-state index contributed by atoms with van der Waals surface area (Å²) in [7, 11) is 3.61. The molecule has 1 aliphatic rings. The topological polar surface area (TPSA) is 58.4 Å². The zero-order valence-electron chi connectivity index (χ0n) is 19.2. The Kier molecular flexibility index (Phi) is 6.12. The van der Waals surface area contributed by atoms with E-state index in [4.69, 9.17) is 0 Å². The van der Waals surface area contributed by atoms with E-state index in [0.29, 0.717) is 31.7 Å². The lowest BCUT2D eigenvalue weighted by molar-refractivity contribution is -0.133. The standard InChI is InChI=1S/C26H30N4O2/c1-18-13-19(2)15-22(14-18)21-7-5-20(6-8-21)16-23-17-30(12-11-28(3)25(23)31)26(32)24-9-10-29(4)27-24/h5-10,13-15,23H,11-12,16-17H2,1-4H3. The summed E-state index contributed by atoms with van der Waals surface area (Å²) in [6, 6.07) is 16.7. The lowest BCUT2D eigenvalue weighted by Crippen LogP contribution is -2.37. The molecule has 166 valence electrons. The van der Waals surface area contributed by atoms with Crippen molar-refractivity contribution in [2.75, 3.05) is 26.7 Å². The highest BCUT2D eigenvalue weighted by Crippen LogP contribution is 2.24. The lowest BCUT2D eigenvalue weighted by atomic mass is 9.95. The molecule has 1 unspecified atom stereocenters. The molecule has 0 saturated carbocycles. The first-order valence-corrected chi connectivity index (χ1v) is 11.0. The SMILES string of the molecule is Cc1cc(C)cc(-c2ccc(CC3CN(C(=O)c4ccn(C)n4)CCN(C)C3=O)cc2)c1. The van der Waals surface area contributed by atoms with Crippen LogP contribution in [0.15, 0.2) is 54.7 Å². The fraction of sp³-hybridized carbons (Fsp3) is 0.346. The van der Waals surface area contributed by atoms with Gasteiger partial charge in [-0.05, 0) is 43.0 Å². The first kappa shape index (κ1) is 21.8. The minimum atomic E-state index is -0.276. The summed E-state index contributed by atoms with van der Waals surface area (Å²) in [6.07, 6.45) is 2.36. The number of likely N-dealkylation sites (N-methyl/N-ethyl adjacent to an activating group) is 1. The van der Waals surface area contributed by atoms with Gasteiger partial charge in [-0.2, -0.15) is 5.10 Å². The van der Waals surface area contributed by atoms with Gasteiger partial charge < -0.3 is 9.80 Å². The van der Waals surface area contributed by atoms with Crippen LogP contribution in [0.4, 0.5) is 0 Å². The number of amides is 2. The minimum absolute atomic E-state index is 0.0831. The van der Waals surface area contributed by atoms with Gasteiger partial charge >= 0.3 is 0 Å². The zero-order valence-corrected chi connectivity index (χ0v) is 19.2. The molecule has 1 aromatic heterocycles. The van der Waals surface area contributed by atoms with E-state index >= 15 is 0 Å². The van der Waals surface area contributed by atoms with Crippen molar-refractivity contribution in [1.82, 2.24) is 19.6 Å². The molecule has 1 saturated heterocycles. The molecule has 2 heterocycles. The Bertz CT molecular complexity index is 1110. The molecular formula is C26H30N4O2. The normalized spacial score (nSPS) is 16.9. The van der Waals surface area contributed by atoms with Crippen molar-refractivity contribution in [1.29, 1.82) is 0 Å². The molecule has 6 nitrogen and oxygen atoms in total. The van der Waals surface area contributed by atoms with Crippen LogP contribution in [-0.4, -0.2) is 58.1 Å². The van der Waals surface area contributed by atoms with E-state index < -0.39 is 0 Å². The first-order valence-electron chi connectivity index (χ1n) is 11.0. The highest BCUT2D eigenvalue weighted by Gasteiger charge is 2.31. The molecule has 32 heavy (non-hydrogen) atoms. The molecule has 0 aliphatic carbocycles. The van der Waals surface area contributed by atoms with Crippen molar-refractivity contribution in [3.05, 3.63) is 77.1 Å². The van der Waals surface area contributed by atoms with E-state index in [1.165, 1.54) is 16.7 Å². The van der Waals surface area contributed by atoms with Crippen LogP contribution in [-0.2, 0) is 18.3 Å². The van der Waals surface area contributed by atoms with Crippen molar-refractivity contribution >= 4 is 11.8 Å². The van der Waals surface area contributed by atoms with Gasteiger partial charge in [-0.15, -0.1) is 0 Å². The van der Waals surface area contributed by atoms with Crippen LogP contribution in [0.3, 0.4) is 0 Å². The molecular weight excluding hydrogens is 400 g/mol. The zero-order chi connectivity index (χ0) is 22.8. The number of aromatic nitrogens is 2. The van der Waals surface area contributed by atoms with Crippen LogP contribution in [0.1, 0.15) is 27.2 Å². The van der Waals surface area contributed by atoms with Crippen molar-refractivity contribution in [3.63, 3.8) is 0 Å². The van der Waals surface area contributed by atoms with Crippen molar-refractivity contribution < 1.29 is 9.59 Å². The number of hydrogen-bond acceptors (Lipinski definition) is 3. The molecule has 1 atom stereocenters. The van der Waals surface area contributed by atoms with Crippen molar-refractivity contribution in [2.24, 2.45) is 13.0 Å². The summed E-state index contributed by atoms with van der Waals surface area (Å²) in [5, 5.41) is 4.24. The Morgan fingerprint density at radius 1 is 0.969 bits per heavy atom. The third-order valence-corrected chi connectivity index (χ3v) is 6.08.